The third-order valence-electron chi connectivity index (χ3n) is 4.49. The van der Waals surface area contributed by atoms with Crippen molar-refractivity contribution in [3.8, 4) is 17.2 Å². The number of hydrazone groups is 1. The monoisotopic (exact) mass is 368 g/mol. The molecule has 2 aromatic carbocycles. The topological polar surface area (TPSA) is 60.4 Å². The Bertz CT molecular complexity index is 824. The van der Waals surface area contributed by atoms with E-state index >= 15 is 0 Å². The molecular formula is C21H24N2O4. The SMILES string of the molecule is CCOc1ccc(C2=NN(C(C)=O)[C@H](c3cc(OC)cc(OC)c3)C2)cc1. The zero-order valence-electron chi connectivity index (χ0n) is 16.1. The molecule has 0 unspecified atom stereocenters. The molecule has 0 spiro atoms. The third kappa shape index (κ3) is 4.05. The molecule has 0 saturated heterocycles. The van der Waals surface area contributed by atoms with E-state index in [2.05, 4.69) is 5.10 Å². The highest BCUT2D eigenvalue weighted by Crippen LogP contribution is 2.36. The van der Waals surface area contributed by atoms with Gasteiger partial charge in [-0.25, -0.2) is 5.01 Å². The molecule has 0 radical (unpaired) electrons. The first-order valence-corrected chi connectivity index (χ1v) is 8.89. The van der Waals surface area contributed by atoms with Gasteiger partial charge in [-0.2, -0.15) is 5.10 Å². The zero-order chi connectivity index (χ0) is 19.4. The maximum absolute atomic E-state index is 12.2. The lowest BCUT2D eigenvalue weighted by Crippen LogP contribution is -2.24. The van der Waals surface area contributed by atoms with Crippen LogP contribution in [0.2, 0.25) is 0 Å². The van der Waals surface area contributed by atoms with Crippen molar-refractivity contribution in [1.82, 2.24) is 5.01 Å². The van der Waals surface area contributed by atoms with E-state index in [9.17, 15) is 4.79 Å². The van der Waals surface area contributed by atoms with E-state index in [1.807, 2.05) is 49.4 Å². The maximum atomic E-state index is 12.2. The smallest absolute Gasteiger partial charge is 0.240 e. The Morgan fingerprint density at radius 3 is 2.22 bits per heavy atom. The van der Waals surface area contributed by atoms with Gasteiger partial charge in [-0.05, 0) is 54.4 Å². The summed E-state index contributed by atoms with van der Waals surface area (Å²) in [4.78, 5) is 12.2. The molecular weight excluding hydrogens is 344 g/mol. The summed E-state index contributed by atoms with van der Waals surface area (Å²) in [5, 5.41) is 6.11. The van der Waals surface area contributed by atoms with E-state index in [1.165, 1.54) is 11.9 Å². The molecule has 0 fully saturated rings. The van der Waals surface area contributed by atoms with E-state index in [-0.39, 0.29) is 11.9 Å². The zero-order valence-corrected chi connectivity index (χ0v) is 16.1. The second-order valence-corrected chi connectivity index (χ2v) is 6.23. The van der Waals surface area contributed by atoms with Gasteiger partial charge >= 0.3 is 0 Å². The van der Waals surface area contributed by atoms with Gasteiger partial charge in [0.15, 0.2) is 0 Å². The Hall–Kier alpha value is -3.02. The van der Waals surface area contributed by atoms with E-state index in [1.54, 1.807) is 14.2 Å². The van der Waals surface area contributed by atoms with Crippen molar-refractivity contribution in [3.05, 3.63) is 53.6 Å². The summed E-state index contributed by atoms with van der Waals surface area (Å²) in [6.07, 6.45) is 0.615. The van der Waals surface area contributed by atoms with Crippen molar-refractivity contribution in [1.29, 1.82) is 0 Å². The van der Waals surface area contributed by atoms with Crippen molar-refractivity contribution in [2.75, 3.05) is 20.8 Å². The predicted molar refractivity (Wildman–Crippen MR) is 104 cm³/mol. The molecule has 1 atom stereocenters. The Balaban J connectivity index is 1.91. The minimum atomic E-state index is -0.201. The molecule has 1 amide bonds. The highest BCUT2D eigenvalue weighted by atomic mass is 16.5. The van der Waals surface area contributed by atoms with Gasteiger partial charge in [-0.1, -0.05) is 0 Å². The van der Waals surface area contributed by atoms with Gasteiger partial charge in [0.25, 0.3) is 0 Å². The van der Waals surface area contributed by atoms with Crippen LogP contribution in [0.25, 0.3) is 0 Å². The normalized spacial score (nSPS) is 16.1. The predicted octanol–water partition coefficient (Wildman–Crippen LogP) is 3.80. The van der Waals surface area contributed by atoms with Crippen LogP contribution < -0.4 is 14.2 Å². The summed E-state index contributed by atoms with van der Waals surface area (Å²) in [6.45, 7) is 4.10. The molecule has 3 rings (SSSR count). The standard InChI is InChI=1S/C21H24N2O4/c1-5-27-17-8-6-15(7-9-17)20-13-21(23(22-20)14(2)24)16-10-18(25-3)12-19(11-16)26-4/h6-12,21H,5,13H2,1-4H3/t21-/m0/s1. The van der Waals surface area contributed by atoms with Gasteiger partial charge in [0.2, 0.25) is 5.91 Å². The lowest BCUT2D eigenvalue weighted by Gasteiger charge is -2.21. The average molecular weight is 368 g/mol. The first-order valence-electron chi connectivity index (χ1n) is 8.89. The number of amides is 1. The van der Waals surface area contributed by atoms with E-state index in [4.69, 9.17) is 14.2 Å². The first-order chi connectivity index (χ1) is 13.0. The summed E-state index contributed by atoms with van der Waals surface area (Å²) in [5.41, 5.74) is 2.76. The molecule has 0 aromatic heterocycles. The largest absolute Gasteiger partial charge is 0.497 e. The van der Waals surface area contributed by atoms with Gasteiger partial charge in [-0.15, -0.1) is 0 Å². The lowest BCUT2D eigenvalue weighted by atomic mass is 9.98. The van der Waals surface area contributed by atoms with Crippen LogP contribution in [0.4, 0.5) is 0 Å². The van der Waals surface area contributed by atoms with Crippen molar-refractivity contribution in [3.63, 3.8) is 0 Å². The number of rotatable bonds is 6. The summed E-state index contributed by atoms with van der Waals surface area (Å²) in [7, 11) is 3.22. The van der Waals surface area contributed by atoms with Crippen molar-refractivity contribution in [2.24, 2.45) is 5.10 Å². The fourth-order valence-corrected chi connectivity index (χ4v) is 3.17. The van der Waals surface area contributed by atoms with Crippen LogP contribution >= 0.6 is 0 Å². The Kier molecular flexibility index (Phi) is 5.64. The minimum Gasteiger partial charge on any atom is -0.497 e. The van der Waals surface area contributed by atoms with Gasteiger partial charge in [0, 0.05) is 19.4 Å². The molecule has 1 aliphatic rings. The van der Waals surface area contributed by atoms with Gasteiger partial charge in [0.05, 0.1) is 32.6 Å². The van der Waals surface area contributed by atoms with Crippen LogP contribution in [0, 0.1) is 0 Å². The van der Waals surface area contributed by atoms with Crippen LogP contribution in [0.15, 0.2) is 47.6 Å². The molecule has 27 heavy (non-hydrogen) atoms. The molecule has 0 bridgehead atoms. The Labute approximate surface area is 159 Å². The van der Waals surface area contributed by atoms with Gasteiger partial charge < -0.3 is 14.2 Å². The number of benzene rings is 2. The molecule has 1 heterocycles. The number of methoxy groups -OCH3 is 2. The van der Waals surface area contributed by atoms with Crippen LogP contribution in [0.5, 0.6) is 17.2 Å². The van der Waals surface area contributed by atoms with Crippen LogP contribution in [0.1, 0.15) is 37.4 Å². The number of carbonyl (C=O) groups excluding carboxylic acids is 1. The molecule has 6 nitrogen and oxygen atoms in total. The second-order valence-electron chi connectivity index (χ2n) is 6.23. The fraction of sp³-hybridized carbons (Fsp3) is 0.333. The quantitative estimate of drug-likeness (QED) is 0.778. The van der Waals surface area contributed by atoms with E-state index in [0.717, 1.165) is 22.6 Å². The highest BCUT2D eigenvalue weighted by Gasteiger charge is 2.32. The number of hydrogen-bond donors (Lipinski definition) is 0. The molecule has 0 saturated carbocycles. The molecule has 0 aliphatic carbocycles. The number of ether oxygens (including phenoxy) is 3. The average Bonchev–Trinajstić information content (AvgIpc) is 3.14. The highest BCUT2D eigenvalue weighted by molar-refractivity contribution is 6.03. The van der Waals surface area contributed by atoms with Crippen LogP contribution in [-0.2, 0) is 4.79 Å². The van der Waals surface area contributed by atoms with E-state index < -0.39 is 0 Å². The fourth-order valence-electron chi connectivity index (χ4n) is 3.17. The number of hydrogen-bond acceptors (Lipinski definition) is 5. The molecule has 6 heteroatoms. The summed E-state index contributed by atoms with van der Waals surface area (Å²) in [6, 6.07) is 13.2. The molecule has 142 valence electrons. The Morgan fingerprint density at radius 2 is 1.70 bits per heavy atom. The summed E-state index contributed by atoms with van der Waals surface area (Å²) < 4.78 is 16.2. The van der Waals surface area contributed by atoms with Crippen LogP contribution in [0.3, 0.4) is 0 Å². The number of nitrogens with zero attached hydrogens (tertiary/aromatic N) is 2. The van der Waals surface area contributed by atoms with Crippen molar-refractivity contribution >= 4 is 11.6 Å². The summed E-state index contributed by atoms with van der Waals surface area (Å²) in [5.74, 6) is 2.07. The molecule has 1 aliphatic heterocycles. The summed E-state index contributed by atoms with van der Waals surface area (Å²) >= 11 is 0. The van der Waals surface area contributed by atoms with Crippen LogP contribution in [-0.4, -0.2) is 37.5 Å². The first kappa shape index (κ1) is 18.8. The van der Waals surface area contributed by atoms with Crippen molar-refractivity contribution < 1.29 is 19.0 Å². The minimum absolute atomic E-state index is 0.109. The van der Waals surface area contributed by atoms with Gasteiger partial charge in [-0.3, -0.25) is 4.79 Å². The number of carbonyl (C=O) groups is 1. The Morgan fingerprint density at radius 1 is 1.07 bits per heavy atom. The molecule has 0 N–H and O–H groups in total. The molecule has 2 aromatic rings. The van der Waals surface area contributed by atoms with E-state index in [0.29, 0.717) is 24.5 Å². The van der Waals surface area contributed by atoms with Crippen molar-refractivity contribution in [2.45, 2.75) is 26.3 Å². The third-order valence-corrected chi connectivity index (χ3v) is 4.49. The second kappa shape index (κ2) is 8.12. The lowest BCUT2D eigenvalue weighted by molar-refractivity contribution is -0.130. The maximum Gasteiger partial charge on any atom is 0.240 e. The van der Waals surface area contributed by atoms with Gasteiger partial charge in [0.1, 0.15) is 17.2 Å².